The van der Waals surface area contributed by atoms with Crippen molar-refractivity contribution in [3.05, 3.63) is 108 Å². The number of benzene rings is 3. The van der Waals surface area contributed by atoms with Crippen molar-refractivity contribution in [1.82, 2.24) is 4.98 Å². The fraction of sp³-hybridized carbons (Fsp3) is 0.0400. The molecule has 0 fully saturated rings. The first kappa shape index (κ1) is 19.4. The van der Waals surface area contributed by atoms with E-state index in [1.54, 1.807) is 30.5 Å². The number of nitrogens with zero attached hydrogens (tertiary/aromatic N) is 2. The number of fused-ring (bicyclic) bond motifs is 1. The van der Waals surface area contributed by atoms with Gasteiger partial charge in [0.2, 0.25) is 5.89 Å². The molecule has 1 aliphatic heterocycles. The molecule has 0 N–H and O–H groups in total. The van der Waals surface area contributed by atoms with Crippen molar-refractivity contribution in [2.75, 3.05) is 4.90 Å². The zero-order valence-corrected chi connectivity index (χ0v) is 16.7. The van der Waals surface area contributed by atoms with Crippen LogP contribution in [0.1, 0.15) is 37.0 Å². The molecule has 1 aromatic heterocycles. The van der Waals surface area contributed by atoms with Crippen LogP contribution >= 0.6 is 0 Å². The van der Waals surface area contributed by atoms with E-state index < -0.39 is 5.97 Å². The molecule has 0 atom stereocenters. The summed E-state index contributed by atoms with van der Waals surface area (Å²) in [5.74, 6) is -0.488. The van der Waals surface area contributed by atoms with Gasteiger partial charge >= 0.3 is 5.97 Å². The zero-order chi connectivity index (χ0) is 22.1. The first-order chi connectivity index (χ1) is 15.6. The SMILES string of the molecule is O=C(OCc1ncc(-c2ccccc2)o1)c1ccc(N2C(=O)c3ccccc3C2=O)cc1. The lowest BCUT2D eigenvalue weighted by Gasteiger charge is -2.14. The maximum Gasteiger partial charge on any atom is 0.338 e. The molecule has 0 saturated carbocycles. The zero-order valence-electron chi connectivity index (χ0n) is 16.7. The number of hydrogen-bond acceptors (Lipinski definition) is 6. The molecule has 7 heteroatoms. The Bertz CT molecular complexity index is 1290. The lowest BCUT2D eigenvalue weighted by atomic mass is 10.1. The first-order valence-electron chi connectivity index (χ1n) is 9.87. The normalized spacial score (nSPS) is 12.7. The topological polar surface area (TPSA) is 89.7 Å². The summed E-state index contributed by atoms with van der Waals surface area (Å²) < 4.78 is 10.9. The molecule has 7 nitrogen and oxygen atoms in total. The number of oxazole rings is 1. The smallest absolute Gasteiger partial charge is 0.338 e. The van der Waals surface area contributed by atoms with Crippen LogP contribution in [-0.4, -0.2) is 22.8 Å². The van der Waals surface area contributed by atoms with Gasteiger partial charge in [0.15, 0.2) is 12.4 Å². The van der Waals surface area contributed by atoms with Crippen molar-refractivity contribution in [3.8, 4) is 11.3 Å². The van der Waals surface area contributed by atoms with Crippen LogP contribution in [0.15, 0.2) is 89.5 Å². The van der Waals surface area contributed by atoms with Gasteiger partial charge in [0.25, 0.3) is 11.8 Å². The Hall–Kier alpha value is -4.52. The lowest BCUT2D eigenvalue weighted by molar-refractivity contribution is 0.0439. The molecule has 3 aromatic carbocycles. The molecule has 0 radical (unpaired) electrons. The summed E-state index contributed by atoms with van der Waals surface area (Å²) in [4.78, 5) is 42.8. The second kappa shape index (κ2) is 7.96. The Labute approximate surface area is 182 Å². The molecule has 156 valence electrons. The van der Waals surface area contributed by atoms with Gasteiger partial charge in [0.05, 0.1) is 28.6 Å². The molecule has 1 aliphatic rings. The fourth-order valence-corrected chi connectivity index (χ4v) is 3.49. The largest absolute Gasteiger partial charge is 0.452 e. The number of esters is 1. The average molecular weight is 424 g/mol. The molecule has 0 unspecified atom stereocenters. The van der Waals surface area contributed by atoms with Gasteiger partial charge in [-0.3, -0.25) is 9.59 Å². The highest BCUT2D eigenvalue weighted by atomic mass is 16.5. The van der Waals surface area contributed by atoms with Crippen LogP contribution in [0.25, 0.3) is 11.3 Å². The van der Waals surface area contributed by atoms with Gasteiger partial charge < -0.3 is 9.15 Å². The van der Waals surface area contributed by atoms with Gasteiger partial charge in [-0.05, 0) is 36.4 Å². The van der Waals surface area contributed by atoms with Gasteiger partial charge in [-0.1, -0.05) is 42.5 Å². The van der Waals surface area contributed by atoms with Crippen LogP contribution in [0.3, 0.4) is 0 Å². The third-order valence-electron chi connectivity index (χ3n) is 5.09. The lowest BCUT2D eigenvalue weighted by Crippen LogP contribution is -2.29. The number of aromatic nitrogens is 1. The minimum absolute atomic E-state index is 0.119. The van der Waals surface area contributed by atoms with Crippen LogP contribution in [0, 0.1) is 0 Å². The van der Waals surface area contributed by atoms with Crippen molar-refractivity contribution in [1.29, 1.82) is 0 Å². The predicted octanol–water partition coefficient (Wildman–Crippen LogP) is 4.50. The van der Waals surface area contributed by atoms with E-state index in [2.05, 4.69) is 4.98 Å². The van der Waals surface area contributed by atoms with Gasteiger partial charge in [0.1, 0.15) is 0 Å². The summed E-state index contributed by atoms with van der Waals surface area (Å²) in [6, 6.07) is 22.2. The molecule has 0 aliphatic carbocycles. The number of amides is 2. The van der Waals surface area contributed by atoms with Gasteiger partial charge in [0, 0.05) is 5.56 Å². The molecule has 5 rings (SSSR count). The first-order valence-corrected chi connectivity index (χ1v) is 9.87. The molecule has 2 heterocycles. The Morgan fingerprint density at radius 3 is 2.12 bits per heavy atom. The van der Waals surface area contributed by atoms with E-state index >= 15 is 0 Å². The van der Waals surface area contributed by atoms with Crippen LogP contribution in [-0.2, 0) is 11.3 Å². The highest BCUT2D eigenvalue weighted by Crippen LogP contribution is 2.28. The Balaban J connectivity index is 1.25. The Kier molecular flexibility index (Phi) is 4.84. The molecule has 0 saturated heterocycles. The number of imide groups is 1. The minimum Gasteiger partial charge on any atom is -0.452 e. The number of hydrogen-bond donors (Lipinski definition) is 0. The molecule has 0 bridgehead atoms. The summed E-state index contributed by atoms with van der Waals surface area (Å²) in [5.41, 5.74) is 2.26. The number of rotatable bonds is 5. The third kappa shape index (κ3) is 3.45. The van der Waals surface area contributed by atoms with Crippen LogP contribution in [0.2, 0.25) is 0 Å². The van der Waals surface area contributed by atoms with E-state index in [9.17, 15) is 14.4 Å². The van der Waals surface area contributed by atoms with Crippen molar-refractivity contribution >= 4 is 23.5 Å². The fourth-order valence-electron chi connectivity index (χ4n) is 3.49. The summed E-state index contributed by atoms with van der Waals surface area (Å²) in [5, 5.41) is 0. The number of carbonyl (C=O) groups excluding carboxylic acids is 3. The van der Waals surface area contributed by atoms with Crippen molar-refractivity contribution < 1.29 is 23.5 Å². The maximum atomic E-state index is 12.6. The monoisotopic (exact) mass is 424 g/mol. The molecular weight excluding hydrogens is 408 g/mol. The van der Waals surface area contributed by atoms with E-state index in [0.717, 1.165) is 10.5 Å². The second-order valence-corrected chi connectivity index (χ2v) is 7.10. The second-order valence-electron chi connectivity index (χ2n) is 7.10. The number of anilines is 1. The Morgan fingerprint density at radius 1 is 0.844 bits per heavy atom. The number of carbonyl (C=O) groups is 3. The average Bonchev–Trinajstić information content (AvgIpc) is 3.41. The van der Waals surface area contributed by atoms with E-state index in [4.69, 9.17) is 9.15 Å². The molecule has 0 spiro atoms. The summed E-state index contributed by atoms with van der Waals surface area (Å²) in [6.07, 6.45) is 1.58. The maximum absolute atomic E-state index is 12.6. The van der Waals surface area contributed by atoms with Crippen molar-refractivity contribution in [3.63, 3.8) is 0 Å². The molecular formula is C25H16N2O5. The summed E-state index contributed by atoms with van der Waals surface area (Å²) >= 11 is 0. The van der Waals surface area contributed by atoms with Crippen LogP contribution in [0.4, 0.5) is 5.69 Å². The predicted molar refractivity (Wildman–Crippen MR) is 115 cm³/mol. The third-order valence-corrected chi connectivity index (χ3v) is 5.09. The van der Waals surface area contributed by atoms with Gasteiger partial charge in [-0.2, -0.15) is 0 Å². The molecule has 4 aromatic rings. The van der Waals surface area contributed by atoms with E-state index in [0.29, 0.717) is 22.6 Å². The van der Waals surface area contributed by atoms with Gasteiger partial charge in [-0.25, -0.2) is 14.7 Å². The quantitative estimate of drug-likeness (QED) is 0.346. The van der Waals surface area contributed by atoms with Crippen LogP contribution in [0.5, 0.6) is 0 Å². The highest BCUT2D eigenvalue weighted by molar-refractivity contribution is 6.34. The minimum atomic E-state index is -0.571. The van der Waals surface area contributed by atoms with Gasteiger partial charge in [-0.15, -0.1) is 0 Å². The standard InChI is InChI=1S/C25H16N2O5/c28-23-19-8-4-5-9-20(19)24(29)27(23)18-12-10-17(11-13-18)25(30)31-15-22-26-14-21(32-22)16-6-2-1-3-7-16/h1-14H,15H2. The van der Waals surface area contributed by atoms with E-state index in [-0.39, 0.29) is 29.9 Å². The van der Waals surface area contributed by atoms with Crippen molar-refractivity contribution in [2.45, 2.75) is 6.61 Å². The van der Waals surface area contributed by atoms with Crippen molar-refractivity contribution in [2.24, 2.45) is 0 Å². The number of ether oxygens (including phenoxy) is 1. The summed E-state index contributed by atoms with van der Waals surface area (Å²) in [7, 11) is 0. The van der Waals surface area contributed by atoms with Crippen LogP contribution < -0.4 is 4.90 Å². The van der Waals surface area contributed by atoms with E-state index in [1.807, 2.05) is 30.3 Å². The van der Waals surface area contributed by atoms with E-state index in [1.165, 1.54) is 24.3 Å². The highest BCUT2D eigenvalue weighted by Gasteiger charge is 2.36. The Morgan fingerprint density at radius 2 is 1.47 bits per heavy atom. The summed E-state index contributed by atoms with van der Waals surface area (Å²) in [6.45, 7) is -0.119. The molecule has 32 heavy (non-hydrogen) atoms. The molecule has 2 amide bonds.